The number of nitrogens with zero attached hydrogens (tertiary/aromatic N) is 1. The number of para-hydroxylation sites is 1. The minimum absolute atomic E-state index is 0.0299. The summed E-state index contributed by atoms with van der Waals surface area (Å²) in [5.41, 5.74) is 3.57. The lowest BCUT2D eigenvalue weighted by Gasteiger charge is -2.25. The van der Waals surface area contributed by atoms with Crippen LogP contribution in [0, 0.1) is 27.7 Å². The van der Waals surface area contributed by atoms with E-state index >= 15 is 0 Å². The van der Waals surface area contributed by atoms with Crippen molar-refractivity contribution >= 4 is 31.4 Å². The van der Waals surface area contributed by atoms with Crippen molar-refractivity contribution < 1.29 is 16.8 Å². The molecule has 8 heteroatoms. The first-order chi connectivity index (χ1) is 14.4. The second kappa shape index (κ2) is 8.36. The minimum Gasteiger partial charge on any atom is -0.279 e. The lowest BCUT2D eigenvalue weighted by molar-refractivity contribution is 0.592. The molecule has 0 spiro atoms. The third kappa shape index (κ3) is 4.45. The van der Waals surface area contributed by atoms with Crippen LogP contribution >= 0.6 is 0 Å². The Morgan fingerprint density at radius 2 is 1.35 bits per heavy atom. The van der Waals surface area contributed by atoms with E-state index in [4.69, 9.17) is 0 Å². The molecule has 3 rings (SSSR count). The van der Waals surface area contributed by atoms with Crippen molar-refractivity contribution in [1.29, 1.82) is 0 Å². The van der Waals surface area contributed by atoms with E-state index in [9.17, 15) is 16.8 Å². The van der Waals surface area contributed by atoms with Crippen LogP contribution < -0.4 is 9.03 Å². The molecule has 164 valence electrons. The van der Waals surface area contributed by atoms with Crippen LogP contribution in [-0.2, 0) is 20.0 Å². The topological polar surface area (TPSA) is 83.6 Å². The average Bonchev–Trinajstić information content (AvgIpc) is 2.69. The van der Waals surface area contributed by atoms with E-state index in [1.165, 1.54) is 13.1 Å². The monoisotopic (exact) mass is 458 g/mol. The van der Waals surface area contributed by atoms with Crippen LogP contribution in [0.1, 0.15) is 22.3 Å². The number of nitrogens with one attached hydrogen (secondary N) is 1. The predicted octanol–water partition coefficient (Wildman–Crippen LogP) is 4.55. The van der Waals surface area contributed by atoms with Gasteiger partial charge in [-0.1, -0.05) is 42.0 Å². The van der Waals surface area contributed by atoms with Crippen molar-refractivity contribution in [2.45, 2.75) is 37.5 Å². The van der Waals surface area contributed by atoms with Gasteiger partial charge in [0.15, 0.2) is 0 Å². The van der Waals surface area contributed by atoms with Crippen molar-refractivity contribution in [2.75, 3.05) is 16.1 Å². The Hall–Kier alpha value is -2.84. The maximum atomic E-state index is 13.2. The number of aryl methyl sites for hydroxylation is 3. The molecule has 0 atom stereocenters. The number of sulfonamides is 2. The molecular weight excluding hydrogens is 432 g/mol. The van der Waals surface area contributed by atoms with Gasteiger partial charge in [-0.05, 0) is 68.7 Å². The van der Waals surface area contributed by atoms with Gasteiger partial charge in [0.1, 0.15) is 0 Å². The third-order valence-electron chi connectivity index (χ3n) is 5.26. The van der Waals surface area contributed by atoms with E-state index in [1.54, 1.807) is 56.3 Å². The van der Waals surface area contributed by atoms with E-state index in [1.807, 2.05) is 26.0 Å². The summed E-state index contributed by atoms with van der Waals surface area (Å²) in [6, 6.07) is 16.8. The Bertz CT molecular complexity index is 1330. The quantitative estimate of drug-likeness (QED) is 0.588. The van der Waals surface area contributed by atoms with Crippen LogP contribution in [0.25, 0.3) is 0 Å². The number of anilines is 2. The van der Waals surface area contributed by atoms with Crippen molar-refractivity contribution in [2.24, 2.45) is 0 Å². The molecule has 0 heterocycles. The van der Waals surface area contributed by atoms with E-state index < -0.39 is 20.0 Å². The Morgan fingerprint density at radius 1 is 0.742 bits per heavy atom. The highest BCUT2D eigenvalue weighted by Crippen LogP contribution is 2.33. The summed E-state index contributed by atoms with van der Waals surface area (Å²) in [5, 5.41) is 0. The lowest BCUT2D eigenvalue weighted by Crippen LogP contribution is -2.28. The van der Waals surface area contributed by atoms with Gasteiger partial charge in [0.25, 0.3) is 20.0 Å². The molecule has 1 N–H and O–H groups in total. The average molecular weight is 459 g/mol. The SMILES string of the molecule is Cc1ccc(S(=O)(=O)N(C)c2c(C)ccc(S(=O)(=O)Nc3ccccc3C)c2C)cc1. The normalized spacial score (nSPS) is 11.9. The maximum Gasteiger partial charge on any atom is 0.264 e. The van der Waals surface area contributed by atoms with E-state index in [2.05, 4.69) is 4.72 Å². The van der Waals surface area contributed by atoms with Crippen LogP contribution in [-0.4, -0.2) is 23.9 Å². The first-order valence-electron chi connectivity index (χ1n) is 9.69. The number of hydrogen-bond acceptors (Lipinski definition) is 4. The maximum absolute atomic E-state index is 13.2. The molecule has 0 radical (unpaired) electrons. The van der Waals surface area contributed by atoms with Gasteiger partial charge in [-0.3, -0.25) is 9.03 Å². The van der Waals surface area contributed by atoms with Gasteiger partial charge in [-0.15, -0.1) is 0 Å². The second-order valence-corrected chi connectivity index (χ2v) is 11.2. The summed E-state index contributed by atoms with van der Waals surface area (Å²) in [6.07, 6.45) is 0. The van der Waals surface area contributed by atoms with E-state index in [0.717, 1.165) is 15.4 Å². The molecule has 0 saturated heterocycles. The predicted molar refractivity (Wildman–Crippen MR) is 125 cm³/mol. The summed E-state index contributed by atoms with van der Waals surface area (Å²) in [7, 11) is -6.35. The molecule has 0 saturated carbocycles. The Morgan fingerprint density at radius 3 is 1.97 bits per heavy atom. The van der Waals surface area contributed by atoms with Gasteiger partial charge in [0.2, 0.25) is 0 Å². The molecule has 0 aliphatic carbocycles. The zero-order chi connectivity index (χ0) is 23.0. The molecule has 0 unspecified atom stereocenters. The number of hydrogen-bond donors (Lipinski definition) is 1. The molecule has 3 aromatic carbocycles. The molecule has 0 bridgehead atoms. The molecule has 0 aromatic heterocycles. The Labute approximate surface area is 184 Å². The van der Waals surface area contributed by atoms with Gasteiger partial charge >= 0.3 is 0 Å². The third-order valence-corrected chi connectivity index (χ3v) is 8.54. The standard InChI is InChI=1S/C23H26N2O4S2/c1-16-10-13-20(14-11-16)31(28,29)25(5)23-18(3)12-15-22(19(23)4)30(26,27)24-21-9-7-6-8-17(21)2/h6-15,24H,1-5H3. The highest BCUT2D eigenvalue weighted by atomic mass is 32.2. The smallest absolute Gasteiger partial charge is 0.264 e. The van der Waals surface area contributed by atoms with Crippen molar-refractivity contribution in [3.05, 3.63) is 82.9 Å². The van der Waals surface area contributed by atoms with Crippen molar-refractivity contribution in [3.8, 4) is 0 Å². The summed E-state index contributed by atoms with van der Waals surface area (Å²) >= 11 is 0. The Kier molecular flexibility index (Phi) is 6.16. The molecule has 3 aromatic rings. The Balaban J connectivity index is 2.08. The van der Waals surface area contributed by atoms with Gasteiger partial charge < -0.3 is 0 Å². The summed E-state index contributed by atoms with van der Waals surface area (Å²) in [4.78, 5) is 0.174. The number of benzene rings is 3. The summed E-state index contributed by atoms with van der Waals surface area (Å²) in [6.45, 7) is 7.07. The van der Waals surface area contributed by atoms with Crippen LogP contribution in [0.5, 0.6) is 0 Å². The molecular formula is C23H26N2O4S2. The van der Waals surface area contributed by atoms with Crippen LogP contribution in [0.4, 0.5) is 11.4 Å². The molecule has 0 fully saturated rings. The summed E-state index contributed by atoms with van der Waals surface area (Å²) < 4.78 is 56.4. The van der Waals surface area contributed by atoms with Gasteiger partial charge in [0, 0.05) is 7.05 Å². The lowest BCUT2D eigenvalue weighted by atomic mass is 10.1. The molecule has 0 amide bonds. The summed E-state index contributed by atoms with van der Waals surface area (Å²) in [5.74, 6) is 0. The van der Waals surface area contributed by atoms with Gasteiger partial charge in [-0.25, -0.2) is 16.8 Å². The zero-order valence-electron chi connectivity index (χ0n) is 18.2. The van der Waals surface area contributed by atoms with Gasteiger partial charge in [0.05, 0.1) is 21.2 Å². The second-order valence-electron chi connectivity index (χ2n) is 7.56. The van der Waals surface area contributed by atoms with E-state index in [0.29, 0.717) is 22.5 Å². The van der Waals surface area contributed by atoms with Gasteiger partial charge in [-0.2, -0.15) is 0 Å². The molecule has 6 nitrogen and oxygen atoms in total. The van der Waals surface area contributed by atoms with Crippen LogP contribution in [0.3, 0.4) is 0 Å². The molecule has 0 aliphatic heterocycles. The first kappa shape index (κ1) is 22.8. The highest BCUT2D eigenvalue weighted by molar-refractivity contribution is 7.93. The molecule has 0 aliphatic rings. The van der Waals surface area contributed by atoms with E-state index in [-0.39, 0.29) is 9.79 Å². The van der Waals surface area contributed by atoms with Crippen LogP contribution in [0.2, 0.25) is 0 Å². The first-order valence-corrected chi connectivity index (χ1v) is 12.6. The number of rotatable bonds is 6. The minimum atomic E-state index is -3.93. The largest absolute Gasteiger partial charge is 0.279 e. The van der Waals surface area contributed by atoms with Crippen LogP contribution in [0.15, 0.2) is 70.5 Å². The fourth-order valence-electron chi connectivity index (χ4n) is 3.47. The fourth-order valence-corrected chi connectivity index (χ4v) is 6.16. The zero-order valence-corrected chi connectivity index (χ0v) is 19.8. The fraction of sp³-hybridized carbons (Fsp3) is 0.217. The highest BCUT2D eigenvalue weighted by Gasteiger charge is 2.27. The van der Waals surface area contributed by atoms with Crippen molar-refractivity contribution in [1.82, 2.24) is 0 Å². The van der Waals surface area contributed by atoms with Crippen molar-refractivity contribution in [3.63, 3.8) is 0 Å². The molecule has 31 heavy (non-hydrogen) atoms.